The third-order valence-corrected chi connectivity index (χ3v) is 2.57. The summed E-state index contributed by atoms with van der Waals surface area (Å²) in [7, 11) is 0. The molecule has 2 rings (SSSR count). The first-order valence-corrected chi connectivity index (χ1v) is 6.24. The van der Waals surface area contributed by atoms with Crippen molar-refractivity contribution in [3.63, 3.8) is 0 Å². The van der Waals surface area contributed by atoms with Crippen LogP contribution in [0.5, 0.6) is 5.75 Å². The SMILES string of the molecule is CC(C)Oc1cccc(NCc2ccn[nH]2)c1[N+](=O)[O-]. The molecule has 0 fully saturated rings. The molecule has 0 amide bonds. The largest absolute Gasteiger partial charge is 0.484 e. The molecular weight excluding hydrogens is 260 g/mol. The summed E-state index contributed by atoms with van der Waals surface area (Å²) >= 11 is 0. The smallest absolute Gasteiger partial charge is 0.333 e. The highest BCUT2D eigenvalue weighted by molar-refractivity contribution is 5.68. The van der Waals surface area contributed by atoms with Crippen molar-refractivity contribution >= 4 is 11.4 Å². The Bertz CT molecular complexity index is 581. The second kappa shape index (κ2) is 6.05. The number of nitrogens with zero attached hydrogens (tertiary/aromatic N) is 2. The zero-order valence-corrected chi connectivity index (χ0v) is 11.3. The third kappa shape index (κ3) is 3.25. The molecule has 0 saturated heterocycles. The average Bonchev–Trinajstić information content (AvgIpc) is 2.88. The second-order valence-electron chi connectivity index (χ2n) is 4.51. The van der Waals surface area contributed by atoms with Gasteiger partial charge in [-0.2, -0.15) is 5.10 Å². The zero-order chi connectivity index (χ0) is 14.5. The van der Waals surface area contributed by atoms with Crippen LogP contribution >= 0.6 is 0 Å². The normalized spacial score (nSPS) is 10.6. The lowest BCUT2D eigenvalue weighted by Gasteiger charge is -2.12. The van der Waals surface area contributed by atoms with E-state index in [2.05, 4.69) is 15.5 Å². The van der Waals surface area contributed by atoms with E-state index in [4.69, 9.17) is 4.74 Å². The minimum atomic E-state index is -0.437. The predicted molar refractivity (Wildman–Crippen MR) is 74.8 cm³/mol. The predicted octanol–water partition coefficient (Wildman–Crippen LogP) is 2.72. The molecule has 0 aliphatic heterocycles. The van der Waals surface area contributed by atoms with E-state index in [1.54, 1.807) is 30.5 Å². The Labute approximate surface area is 116 Å². The van der Waals surface area contributed by atoms with Gasteiger partial charge in [-0.3, -0.25) is 15.2 Å². The van der Waals surface area contributed by atoms with Crippen molar-refractivity contribution in [1.29, 1.82) is 0 Å². The molecule has 1 heterocycles. The van der Waals surface area contributed by atoms with Gasteiger partial charge in [0.2, 0.25) is 0 Å². The molecule has 0 spiro atoms. The molecule has 2 N–H and O–H groups in total. The Morgan fingerprint density at radius 2 is 2.25 bits per heavy atom. The maximum Gasteiger partial charge on any atom is 0.333 e. The van der Waals surface area contributed by atoms with E-state index < -0.39 is 4.92 Å². The fourth-order valence-electron chi connectivity index (χ4n) is 1.78. The molecule has 0 bridgehead atoms. The molecule has 20 heavy (non-hydrogen) atoms. The van der Waals surface area contributed by atoms with Gasteiger partial charge in [-0.1, -0.05) is 6.07 Å². The quantitative estimate of drug-likeness (QED) is 0.625. The number of hydrogen-bond acceptors (Lipinski definition) is 5. The van der Waals surface area contributed by atoms with E-state index >= 15 is 0 Å². The van der Waals surface area contributed by atoms with Gasteiger partial charge in [0.15, 0.2) is 5.75 Å². The number of benzene rings is 1. The summed E-state index contributed by atoms with van der Waals surface area (Å²) in [6, 6.07) is 6.77. The minimum absolute atomic E-state index is 0.0549. The molecule has 1 aromatic heterocycles. The van der Waals surface area contributed by atoms with Gasteiger partial charge in [-0.05, 0) is 32.0 Å². The Balaban J connectivity index is 2.24. The van der Waals surface area contributed by atoms with Gasteiger partial charge in [-0.25, -0.2) is 0 Å². The van der Waals surface area contributed by atoms with Crippen LogP contribution in [0, 0.1) is 10.1 Å². The Kier molecular flexibility index (Phi) is 4.19. The van der Waals surface area contributed by atoms with Crippen LogP contribution in [0.25, 0.3) is 0 Å². The van der Waals surface area contributed by atoms with Crippen LogP contribution in [0.15, 0.2) is 30.5 Å². The van der Waals surface area contributed by atoms with Crippen molar-refractivity contribution in [1.82, 2.24) is 10.2 Å². The van der Waals surface area contributed by atoms with Gasteiger partial charge in [0, 0.05) is 6.20 Å². The highest BCUT2D eigenvalue weighted by Gasteiger charge is 2.21. The van der Waals surface area contributed by atoms with Crippen LogP contribution in [-0.4, -0.2) is 21.2 Å². The van der Waals surface area contributed by atoms with Gasteiger partial charge in [0.05, 0.1) is 23.3 Å². The van der Waals surface area contributed by atoms with E-state index in [1.807, 2.05) is 13.8 Å². The molecule has 106 valence electrons. The lowest BCUT2D eigenvalue weighted by molar-refractivity contribution is -0.385. The first-order chi connectivity index (χ1) is 9.58. The molecule has 0 aliphatic rings. The molecule has 0 saturated carbocycles. The van der Waals surface area contributed by atoms with Crippen molar-refractivity contribution in [2.45, 2.75) is 26.5 Å². The van der Waals surface area contributed by atoms with Crippen LogP contribution in [0.3, 0.4) is 0 Å². The fraction of sp³-hybridized carbons (Fsp3) is 0.308. The molecule has 0 radical (unpaired) electrons. The number of para-hydroxylation sites is 1. The first-order valence-electron chi connectivity index (χ1n) is 6.24. The summed E-state index contributed by atoms with van der Waals surface area (Å²) in [6.45, 7) is 4.08. The van der Waals surface area contributed by atoms with Crippen molar-refractivity contribution in [2.24, 2.45) is 0 Å². The number of anilines is 1. The topological polar surface area (TPSA) is 93.1 Å². The summed E-state index contributed by atoms with van der Waals surface area (Å²) in [4.78, 5) is 10.8. The maximum atomic E-state index is 11.3. The van der Waals surface area contributed by atoms with Crippen LogP contribution in [0.2, 0.25) is 0 Å². The number of rotatable bonds is 6. The van der Waals surface area contributed by atoms with Crippen molar-refractivity contribution in [2.75, 3.05) is 5.32 Å². The number of nitro benzene ring substituents is 1. The van der Waals surface area contributed by atoms with Crippen molar-refractivity contribution < 1.29 is 9.66 Å². The number of nitro groups is 1. The Hall–Kier alpha value is -2.57. The van der Waals surface area contributed by atoms with Gasteiger partial charge >= 0.3 is 5.69 Å². The lowest BCUT2D eigenvalue weighted by atomic mass is 10.2. The molecule has 7 nitrogen and oxygen atoms in total. The minimum Gasteiger partial charge on any atom is -0.484 e. The number of hydrogen-bond donors (Lipinski definition) is 2. The Morgan fingerprint density at radius 1 is 1.45 bits per heavy atom. The summed E-state index contributed by atoms with van der Waals surface area (Å²) in [6.07, 6.45) is 1.50. The van der Waals surface area contributed by atoms with E-state index in [-0.39, 0.29) is 17.5 Å². The average molecular weight is 276 g/mol. The van der Waals surface area contributed by atoms with E-state index in [1.165, 1.54) is 0 Å². The fourth-order valence-corrected chi connectivity index (χ4v) is 1.78. The molecule has 7 heteroatoms. The highest BCUT2D eigenvalue weighted by atomic mass is 16.6. The van der Waals surface area contributed by atoms with E-state index in [0.717, 1.165) is 5.69 Å². The van der Waals surface area contributed by atoms with E-state index in [0.29, 0.717) is 12.2 Å². The first kappa shape index (κ1) is 13.9. The molecule has 0 unspecified atom stereocenters. The number of aromatic amines is 1. The van der Waals surface area contributed by atoms with Gasteiger partial charge in [0.25, 0.3) is 0 Å². The number of aromatic nitrogens is 2. The summed E-state index contributed by atoms with van der Waals surface area (Å²) < 4.78 is 5.48. The van der Waals surface area contributed by atoms with Gasteiger partial charge < -0.3 is 10.1 Å². The number of nitrogens with one attached hydrogen (secondary N) is 2. The van der Waals surface area contributed by atoms with Crippen LogP contribution < -0.4 is 10.1 Å². The molecule has 0 atom stereocenters. The van der Waals surface area contributed by atoms with E-state index in [9.17, 15) is 10.1 Å². The molecule has 0 aliphatic carbocycles. The number of ether oxygens (including phenoxy) is 1. The standard InChI is InChI=1S/C13H16N4O3/c1-9(2)20-12-5-3-4-11(13(12)17(18)19)14-8-10-6-7-15-16-10/h3-7,9,14H,8H2,1-2H3,(H,15,16). The third-order valence-electron chi connectivity index (χ3n) is 2.57. The number of H-pyrrole nitrogens is 1. The van der Waals surface area contributed by atoms with Gasteiger partial charge in [0.1, 0.15) is 5.69 Å². The lowest BCUT2D eigenvalue weighted by Crippen LogP contribution is -2.09. The second-order valence-corrected chi connectivity index (χ2v) is 4.51. The maximum absolute atomic E-state index is 11.3. The van der Waals surface area contributed by atoms with Crippen molar-refractivity contribution in [3.05, 3.63) is 46.3 Å². The molecule has 2 aromatic rings. The molecule has 1 aromatic carbocycles. The van der Waals surface area contributed by atoms with Crippen molar-refractivity contribution in [3.8, 4) is 5.75 Å². The highest BCUT2D eigenvalue weighted by Crippen LogP contribution is 2.35. The Morgan fingerprint density at radius 3 is 2.85 bits per heavy atom. The zero-order valence-electron chi connectivity index (χ0n) is 11.3. The van der Waals surface area contributed by atoms with Crippen LogP contribution in [0.1, 0.15) is 19.5 Å². The van der Waals surface area contributed by atoms with Crippen LogP contribution in [0.4, 0.5) is 11.4 Å². The van der Waals surface area contributed by atoms with Crippen LogP contribution in [-0.2, 0) is 6.54 Å². The molecular formula is C13H16N4O3. The summed E-state index contributed by atoms with van der Waals surface area (Å²) in [5.41, 5.74) is 1.21. The summed E-state index contributed by atoms with van der Waals surface area (Å²) in [5, 5.41) is 20.9. The monoisotopic (exact) mass is 276 g/mol. The summed E-state index contributed by atoms with van der Waals surface area (Å²) in [5.74, 6) is 0.264. The van der Waals surface area contributed by atoms with Gasteiger partial charge in [-0.15, -0.1) is 0 Å².